The van der Waals surface area contributed by atoms with Crippen molar-refractivity contribution in [3.63, 3.8) is 0 Å². The highest BCUT2D eigenvalue weighted by Gasteiger charge is 2.15. The Morgan fingerprint density at radius 3 is 3.00 bits per heavy atom. The molecule has 0 aliphatic heterocycles. The zero-order valence-corrected chi connectivity index (χ0v) is 9.72. The molecule has 0 aliphatic carbocycles. The largest absolute Gasteiger partial charge is 0.398 e. The monoisotopic (exact) mass is 232 g/mol. The van der Waals surface area contributed by atoms with Gasteiger partial charge in [-0.15, -0.1) is 0 Å². The lowest BCUT2D eigenvalue weighted by Crippen LogP contribution is -2.23. The summed E-state index contributed by atoms with van der Waals surface area (Å²) in [5.41, 5.74) is 8.56. The van der Waals surface area contributed by atoms with Crippen molar-refractivity contribution in [2.24, 2.45) is 0 Å². The summed E-state index contributed by atoms with van der Waals surface area (Å²) in [6, 6.07) is 1.91. The smallest absolute Gasteiger partial charge is 0.0997 e. The summed E-state index contributed by atoms with van der Waals surface area (Å²) in [6.45, 7) is 2.91. The molecule has 17 heavy (non-hydrogen) atoms. The molecule has 0 amide bonds. The van der Waals surface area contributed by atoms with E-state index in [0.29, 0.717) is 0 Å². The lowest BCUT2D eigenvalue weighted by atomic mass is 10.0. The Morgan fingerprint density at radius 1 is 1.47 bits per heavy atom. The Labute approximate surface area is 99.6 Å². The second kappa shape index (κ2) is 5.40. The van der Waals surface area contributed by atoms with E-state index < -0.39 is 0 Å². The zero-order valence-electron chi connectivity index (χ0n) is 9.72. The third-order valence-electron chi connectivity index (χ3n) is 2.61. The topological polar surface area (TPSA) is 92.5 Å². The third kappa shape index (κ3) is 2.79. The number of anilines is 1. The van der Waals surface area contributed by atoms with Gasteiger partial charge in [0, 0.05) is 18.1 Å². The maximum Gasteiger partial charge on any atom is 0.0997 e. The Balaban J connectivity index is 2.16. The molecule has 2 aromatic rings. The molecule has 2 rings (SSSR count). The summed E-state index contributed by atoms with van der Waals surface area (Å²) < 4.78 is 0. The van der Waals surface area contributed by atoms with Crippen molar-refractivity contribution in [2.75, 3.05) is 12.3 Å². The van der Waals surface area contributed by atoms with Gasteiger partial charge in [0.15, 0.2) is 0 Å². The molecule has 6 heteroatoms. The van der Waals surface area contributed by atoms with Gasteiger partial charge < -0.3 is 11.1 Å². The molecular weight excluding hydrogens is 216 g/mol. The fraction of sp³-hybridized carbons (Fsp3) is 0.364. The molecular formula is C11H16N6. The number of hydrogen-bond acceptors (Lipinski definition) is 5. The number of nitrogens with one attached hydrogen (secondary N) is 2. The Kier molecular flexibility index (Phi) is 3.66. The van der Waals surface area contributed by atoms with Gasteiger partial charge in [-0.1, -0.05) is 6.92 Å². The van der Waals surface area contributed by atoms with Crippen LogP contribution >= 0.6 is 0 Å². The molecule has 1 atom stereocenters. The normalized spacial score (nSPS) is 12.5. The van der Waals surface area contributed by atoms with Gasteiger partial charge in [-0.25, -0.2) is 0 Å². The quantitative estimate of drug-likeness (QED) is 0.704. The highest BCUT2D eigenvalue weighted by atomic mass is 15.3. The van der Waals surface area contributed by atoms with Gasteiger partial charge >= 0.3 is 0 Å². The predicted octanol–water partition coefficient (Wildman–Crippen LogP) is 0.675. The third-order valence-corrected chi connectivity index (χ3v) is 2.61. The Bertz CT molecular complexity index is 453. The number of rotatable bonds is 5. The van der Waals surface area contributed by atoms with E-state index in [1.807, 2.05) is 0 Å². The highest BCUT2D eigenvalue weighted by Crippen LogP contribution is 2.19. The molecule has 0 spiro atoms. The van der Waals surface area contributed by atoms with Crippen LogP contribution in [0.5, 0.6) is 0 Å². The van der Waals surface area contributed by atoms with E-state index in [2.05, 4.69) is 32.6 Å². The lowest BCUT2D eigenvalue weighted by Gasteiger charge is -2.15. The van der Waals surface area contributed by atoms with Crippen LogP contribution in [0, 0.1) is 0 Å². The van der Waals surface area contributed by atoms with Crippen molar-refractivity contribution in [3.05, 3.63) is 35.9 Å². The van der Waals surface area contributed by atoms with Crippen molar-refractivity contribution in [3.8, 4) is 0 Å². The first-order valence-corrected chi connectivity index (χ1v) is 5.58. The summed E-state index contributed by atoms with van der Waals surface area (Å²) in [5, 5.41) is 13.9. The van der Waals surface area contributed by atoms with Crippen molar-refractivity contribution in [2.45, 2.75) is 19.4 Å². The molecule has 0 saturated carbocycles. The van der Waals surface area contributed by atoms with Gasteiger partial charge in [0.1, 0.15) is 0 Å². The number of nitrogens with two attached hydrogens (primary N) is 1. The van der Waals surface area contributed by atoms with Crippen LogP contribution in [0.1, 0.15) is 24.2 Å². The number of pyridine rings is 1. The van der Waals surface area contributed by atoms with Gasteiger partial charge in [-0.05, 0) is 24.6 Å². The molecule has 0 radical (unpaired) electrons. The number of hydrogen-bond donors (Lipinski definition) is 3. The van der Waals surface area contributed by atoms with Crippen LogP contribution < -0.4 is 11.1 Å². The van der Waals surface area contributed by atoms with Gasteiger partial charge in [0.2, 0.25) is 0 Å². The summed E-state index contributed by atoms with van der Waals surface area (Å²) in [6.07, 6.45) is 5.96. The summed E-state index contributed by atoms with van der Waals surface area (Å²) in [5.74, 6) is 0. The molecule has 0 fully saturated rings. The molecule has 0 bridgehead atoms. The first kappa shape index (κ1) is 11.5. The van der Waals surface area contributed by atoms with Crippen LogP contribution in [0.15, 0.2) is 24.7 Å². The fourth-order valence-electron chi connectivity index (χ4n) is 1.73. The second-order valence-corrected chi connectivity index (χ2v) is 3.78. The number of H-pyrrole nitrogens is 1. The first-order chi connectivity index (χ1) is 8.31. The summed E-state index contributed by atoms with van der Waals surface area (Å²) in [4.78, 5) is 4.09. The Hall–Kier alpha value is -1.95. The summed E-state index contributed by atoms with van der Waals surface area (Å²) >= 11 is 0. The molecule has 90 valence electrons. The van der Waals surface area contributed by atoms with Crippen LogP contribution in [-0.4, -0.2) is 26.9 Å². The maximum absolute atomic E-state index is 5.91. The van der Waals surface area contributed by atoms with E-state index in [-0.39, 0.29) is 6.04 Å². The SMILES string of the molecule is CCNC(Cc1cnccc1N)c1cn[nH]n1. The average Bonchev–Trinajstić information content (AvgIpc) is 2.85. The van der Waals surface area contributed by atoms with Crippen LogP contribution in [0.4, 0.5) is 5.69 Å². The minimum Gasteiger partial charge on any atom is -0.398 e. The van der Waals surface area contributed by atoms with E-state index in [9.17, 15) is 0 Å². The van der Waals surface area contributed by atoms with Gasteiger partial charge in [0.05, 0.1) is 17.9 Å². The minimum absolute atomic E-state index is 0.102. The number of nitrogens with zero attached hydrogens (tertiary/aromatic N) is 3. The van der Waals surface area contributed by atoms with Crippen molar-refractivity contribution < 1.29 is 0 Å². The van der Waals surface area contributed by atoms with E-state index in [1.54, 1.807) is 24.7 Å². The highest BCUT2D eigenvalue weighted by molar-refractivity contribution is 5.44. The van der Waals surface area contributed by atoms with E-state index in [0.717, 1.165) is 29.9 Å². The molecule has 1 unspecified atom stereocenters. The first-order valence-electron chi connectivity index (χ1n) is 5.58. The van der Waals surface area contributed by atoms with Crippen LogP contribution in [0.3, 0.4) is 0 Å². The minimum atomic E-state index is 0.102. The predicted molar refractivity (Wildman–Crippen MR) is 65.2 cm³/mol. The van der Waals surface area contributed by atoms with E-state index in [1.165, 1.54) is 0 Å². The summed E-state index contributed by atoms with van der Waals surface area (Å²) in [7, 11) is 0. The van der Waals surface area contributed by atoms with Crippen LogP contribution in [0.25, 0.3) is 0 Å². The van der Waals surface area contributed by atoms with Crippen molar-refractivity contribution in [1.82, 2.24) is 25.7 Å². The van der Waals surface area contributed by atoms with E-state index in [4.69, 9.17) is 5.73 Å². The van der Waals surface area contributed by atoms with Crippen molar-refractivity contribution in [1.29, 1.82) is 0 Å². The van der Waals surface area contributed by atoms with E-state index >= 15 is 0 Å². The van der Waals surface area contributed by atoms with Crippen LogP contribution in [-0.2, 0) is 6.42 Å². The molecule has 4 N–H and O–H groups in total. The maximum atomic E-state index is 5.91. The fourth-order valence-corrected chi connectivity index (χ4v) is 1.73. The number of nitrogen functional groups attached to an aromatic ring is 1. The van der Waals surface area contributed by atoms with Gasteiger partial charge in [-0.3, -0.25) is 4.98 Å². The number of aromatic amines is 1. The average molecular weight is 232 g/mol. The lowest BCUT2D eigenvalue weighted by molar-refractivity contribution is 0.535. The second-order valence-electron chi connectivity index (χ2n) is 3.78. The van der Waals surface area contributed by atoms with Crippen molar-refractivity contribution >= 4 is 5.69 Å². The zero-order chi connectivity index (χ0) is 12.1. The molecule has 0 saturated heterocycles. The molecule has 2 aromatic heterocycles. The molecule has 0 aromatic carbocycles. The van der Waals surface area contributed by atoms with Gasteiger partial charge in [-0.2, -0.15) is 15.4 Å². The standard InChI is InChI=1S/C11H16N6/c1-2-14-10(11-7-15-17-16-11)5-8-6-13-4-3-9(8)12/h3-4,6-7,10,14H,2,5H2,1H3,(H2,12,13)(H,15,16,17). The number of aromatic nitrogens is 4. The van der Waals surface area contributed by atoms with Crippen LogP contribution in [0.2, 0.25) is 0 Å². The molecule has 0 aliphatic rings. The van der Waals surface area contributed by atoms with Gasteiger partial charge in [0.25, 0.3) is 0 Å². The number of likely N-dealkylation sites (N-methyl/N-ethyl adjacent to an activating group) is 1. The molecule has 6 nitrogen and oxygen atoms in total. The Morgan fingerprint density at radius 2 is 2.35 bits per heavy atom. The molecule has 2 heterocycles.